The molecule has 0 aromatic heterocycles. The molecular weight excluding hydrogens is 313 g/mol. The Labute approximate surface area is 118 Å². The summed E-state index contributed by atoms with van der Waals surface area (Å²) in [5, 5.41) is 3.14. The molecule has 0 rings (SSSR count). The second-order valence-corrected chi connectivity index (χ2v) is 6.31. The number of hydrogen-bond donors (Lipinski definition) is 2. The van der Waals surface area contributed by atoms with Gasteiger partial charge in [-0.25, -0.2) is 0 Å². The van der Waals surface area contributed by atoms with E-state index in [2.05, 4.69) is 51.9 Å². The lowest BCUT2D eigenvalue weighted by atomic mass is 9.91. The van der Waals surface area contributed by atoms with Crippen molar-refractivity contribution < 1.29 is 0 Å². The van der Waals surface area contributed by atoms with E-state index in [4.69, 9.17) is 5.73 Å². The second kappa shape index (κ2) is 7.35. The smallest absolute Gasteiger partial charge is 0.188 e. The first kappa shape index (κ1) is 18.4. The van der Waals surface area contributed by atoms with Crippen LogP contribution < -0.4 is 11.1 Å². The highest BCUT2D eigenvalue weighted by atomic mass is 127. The number of nitrogens with one attached hydrogen (secondary N) is 1. The van der Waals surface area contributed by atoms with Gasteiger partial charge in [0, 0.05) is 12.1 Å². The van der Waals surface area contributed by atoms with Crippen LogP contribution in [0.3, 0.4) is 0 Å². The number of nitrogens with zero attached hydrogens (tertiary/aromatic N) is 1. The topological polar surface area (TPSA) is 50.4 Å². The average Bonchev–Trinajstić information content (AvgIpc) is 1.92. The minimum absolute atomic E-state index is 0. The summed E-state index contributed by atoms with van der Waals surface area (Å²) < 4.78 is 0. The molecule has 0 atom stereocenters. The second-order valence-electron chi connectivity index (χ2n) is 6.31. The van der Waals surface area contributed by atoms with E-state index >= 15 is 0 Å². The van der Waals surface area contributed by atoms with Gasteiger partial charge < -0.3 is 11.1 Å². The van der Waals surface area contributed by atoms with E-state index < -0.39 is 0 Å². The van der Waals surface area contributed by atoms with E-state index in [-0.39, 0.29) is 29.5 Å². The van der Waals surface area contributed by atoms with Crippen LogP contribution in [0.4, 0.5) is 0 Å². The zero-order chi connectivity index (χ0) is 12.1. The minimum atomic E-state index is -0.00237. The van der Waals surface area contributed by atoms with E-state index in [9.17, 15) is 0 Å². The number of rotatable bonds is 3. The Morgan fingerprint density at radius 1 is 1.12 bits per heavy atom. The molecule has 0 aliphatic carbocycles. The number of hydrogen-bond acceptors (Lipinski definition) is 1. The van der Waals surface area contributed by atoms with Gasteiger partial charge in [0.15, 0.2) is 5.96 Å². The summed E-state index contributed by atoms with van der Waals surface area (Å²) in [6, 6.07) is 0. The molecule has 0 saturated heterocycles. The summed E-state index contributed by atoms with van der Waals surface area (Å²) in [6.07, 6.45) is 2.27. The van der Waals surface area contributed by atoms with Crippen LogP contribution in [0.25, 0.3) is 0 Å². The van der Waals surface area contributed by atoms with Crippen molar-refractivity contribution in [3.05, 3.63) is 0 Å². The van der Waals surface area contributed by atoms with E-state index in [1.54, 1.807) is 0 Å². The molecule has 0 heterocycles. The van der Waals surface area contributed by atoms with Gasteiger partial charge in [-0.2, -0.15) is 0 Å². The molecule has 0 spiro atoms. The molecular formula is C12H28IN3. The van der Waals surface area contributed by atoms with E-state index in [1.807, 2.05) is 0 Å². The number of halogens is 1. The standard InChI is InChI=1S/C12H27N3.HI/c1-11(2,3)8-7-9-14-10(13)15-12(4,5)6;/h7-9H2,1-6H3,(H3,13,14,15);1H. The van der Waals surface area contributed by atoms with Gasteiger partial charge >= 0.3 is 0 Å². The van der Waals surface area contributed by atoms with Crippen molar-refractivity contribution in [3.8, 4) is 0 Å². The first-order chi connectivity index (χ1) is 6.60. The molecule has 0 amide bonds. The molecule has 0 radical (unpaired) electrons. The molecule has 16 heavy (non-hydrogen) atoms. The Kier molecular flexibility index (Phi) is 8.44. The largest absolute Gasteiger partial charge is 0.370 e. The predicted molar refractivity (Wildman–Crippen MR) is 83.5 cm³/mol. The van der Waals surface area contributed by atoms with Gasteiger partial charge in [0.05, 0.1) is 0 Å². The van der Waals surface area contributed by atoms with E-state index in [0.717, 1.165) is 13.0 Å². The Hall–Kier alpha value is 0. The molecule has 4 heteroatoms. The zero-order valence-electron chi connectivity index (χ0n) is 11.6. The highest BCUT2D eigenvalue weighted by Crippen LogP contribution is 2.20. The van der Waals surface area contributed by atoms with Gasteiger partial charge in [-0.1, -0.05) is 20.8 Å². The first-order valence-electron chi connectivity index (χ1n) is 5.68. The summed E-state index contributed by atoms with van der Waals surface area (Å²) in [5.74, 6) is 0.552. The van der Waals surface area contributed by atoms with Crippen LogP contribution in [0.1, 0.15) is 54.4 Å². The van der Waals surface area contributed by atoms with Crippen molar-refractivity contribution in [2.45, 2.75) is 59.9 Å². The molecule has 3 N–H and O–H groups in total. The van der Waals surface area contributed by atoms with Gasteiger partial charge in [0.1, 0.15) is 0 Å². The highest BCUT2D eigenvalue weighted by molar-refractivity contribution is 14.0. The SMILES string of the molecule is CC(C)(C)CCCN=C(N)NC(C)(C)C.I. The Bertz CT molecular complexity index is 211. The lowest BCUT2D eigenvalue weighted by molar-refractivity contribution is 0.368. The van der Waals surface area contributed by atoms with Crippen LogP contribution in [0, 0.1) is 5.41 Å². The van der Waals surface area contributed by atoms with E-state index in [1.165, 1.54) is 6.42 Å². The number of nitrogens with two attached hydrogens (primary N) is 1. The molecule has 0 aromatic carbocycles. The summed E-state index contributed by atoms with van der Waals surface area (Å²) in [5.41, 5.74) is 6.14. The Morgan fingerprint density at radius 3 is 2.00 bits per heavy atom. The normalized spacial score (nSPS) is 13.2. The Morgan fingerprint density at radius 2 is 1.62 bits per heavy atom. The van der Waals surface area contributed by atoms with Crippen LogP contribution in [-0.4, -0.2) is 18.0 Å². The Balaban J connectivity index is 0. The third-order valence-corrected chi connectivity index (χ3v) is 1.87. The first-order valence-corrected chi connectivity index (χ1v) is 5.68. The lowest BCUT2D eigenvalue weighted by Gasteiger charge is -2.21. The summed E-state index contributed by atoms with van der Waals surface area (Å²) in [7, 11) is 0. The fourth-order valence-electron chi connectivity index (χ4n) is 1.23. The van der Waals surface area contributed by atoms with Gasteiger partial charge in [-0.3, -0.25) is 4.99 Å². The summed E-state index contributed by atoms with van der Waals surface area (Å²) in [6.45, 7) is 13.8. The number of aliphatic imine (C=N–C) groups is 1. The highest BCUT2D eigenvalue weighted by Gasteiger charge is 2.10. The van der Waals surface area contributed by atoms with Gasteiger partial charge in [-0.15, -0.1) is 24.0 Å². The van der Waals surface area contributed by atoms with Gasteiger partial charge in [0.2, 0.25) is 0 Å². The number of guanidine groups is 1. The van der Waals surface area contributed by atoms with Crippen LogP contribution in [0.5, 0.6) is 0 Å². The minimum Gasteiger partial charge on any atom is -0.370 e. The van der Waals surface area contributed by atoms with Crippen molar-refractivity contribution in [2.24, 2.45) is 16.1 Å². The average molecular weight is 341 g/mol. The maximum atomic E-state index is 5.75. The maximum Gasteiger partial charge on any atom is 0.188 e. The zero-order valence-corrected chi connectivity index (χ0v) is 13.9. The molecule has 0 saturated carbocycles. The summed E-state index contributed by atoms with van der Waals surface area (Å²) >= 11 is 0. The summed E-state index contributed by atoms with van der Waals surface area (Å²) in [4.78, 5) is 4.30. The third-order valence-electron chi connectivity index (χ3n) is 1.87. The molecule has 3 nitrogen and oxygen atoms in total. The molecule has 0 aliphatic heterocycles. The van der Waals surface area contributed by atoms with Crippen molar-refractivity contribution in [1.29, 1.82) is 0 Å². The molecule has 0 bridgehead atoms. The fraction of sp³-hybridized carbons (Fsp3) is 0.917. The fourth-order valence-corrected chi connectivity index (χ4v) is 1.23. The van der Waals surface area contributed by atoms with Crippen molar-refractivity contribution >= 4 is 29.9 Å². The van der Waals surface area contributed by atoms with Crippen LogP contribution in [0.2, 0.25) is 0 Å². The monoisotopic (exact) mass is 341 g/mol. The van der Waals surface area contributed by atoms with Crippen LogP contribution in [0.15, 0.2) is 4.99 Å². The lowest BCUT2D eigenvalue weighted by Crippen LogP contribution is -2.45. The molecule has 0 fully saturated rings. The molecule has 0 aliphatic rings. The molecule has 0 aromatic rings. The van der Waals surface area contributed by atoms with Gasteiger partial charge in [0.25, 0.3) is 0 Å². The van der Waals surface area contributed by atoms with Crippen molar-refractivity contribution in [1.82, 2.24) is 5.32 Å². The third kappa shape index (κ3) is 14.0. The van der Waals surface area contributed by atoms with Crippen LogP contribution >= 0.6 is 24.0 Å². The maximum absolute atomic E-state index is 5.75. The van der Waals surface area contributed by atoms with Crippen molar-refractivity contribution in [3.63, 3.8) is 0 Å². The predicted octanol–water partition coefficient (Wildman–Crippen LogP) is 3.13. The molecule has 98 valence electrons. The van der Waals surface area contributed by atoms with Gasteiger partial charge in [-0.05, 0) is 39.0 Å². The van der Waals surface area contributed by atoms with Crippen LogP contribution in [-0.2, 0) is 0 Å². The van der Waals surface area contributed by atoms with Crippen molar-refractivity contribution in [2.75, 3.05) is 6.54 Å². The van der Waals surface area contributed by atoms with E-state index in [0.29, 0.717) is 11.4 Å². The quantitative estimate of drug-likeness (QED) is 0.359. The molecule has 0 unspecified atom stereocenters.